The van der Waals surface area contributed by atoms with E-state index in [1.807, 2.05) is 0 Å². The van der Waals surface area contributed by atoms with Crippen molar-refractivity contribution in [1.29, 1.82) is 5.26 Å². The third kappa shape index (κ3) is 3.55. The molecule has 1 aliphatic heterocycles. The van der Waals surface area contributed by atoms with Crippen molar-refractivity contribution < 1.29 is 4.74 Å². The summed E-state index contributed by atoms with van der Waals surface area (Å²) in [6.45, 7) is 1.12. The summed E-state index contributed by atoms with van der Waals surface area (Å²) in [6.07, 6.45) is 5.47. The van der Waals surface area contributed by atoms with E-state index in [2.05, 4.69) is 41.2 Å². The lowest BCUT2D eigenvalue weighted by Gasteiger charge is -2.04. The Morgan fingerprint density at radius 2 is 2.41 bits per heavy atom. The third-order valence-corrected chi connectivity index (χ3v) is 3.60. The van der Waals surface area contributed by atoms with Gasteiger partial charge in [-0.2, -0.15) is 5.26 Å². The van der Waals surface area contributed by atoms with Gasteiger partial charge in [0, 0.05) is 12.0 Å². The first-order valence-electron chi connectivity index (χ1n) is 5.64. The van der Waals surface area contributed by atoms with Crippen LogP contribution in [0.5, 0.6) is 0 Å². The molecule has 2 unspecified atom stereocenters. The monoisotopic (exact) mass is 243 g/mol. The van der Waals surface area contributed by atoms with Gasteiger partial charge in [-0.1, -0.05) is 17.9 Å². The molecule has 0 radical (unpaired) electrons. The second-order valence-corrected chi connectivity index (χ2v) is 4.87. The molecular formula is C14H13NOS. The number of rotatable bonds is 5. The predicted molar refractivity (Wildman–Crippen MR) is 69.0 cm³/mol. The van der Waals surface area contributed by atoms with Gasteiger partial charge in [-0.05, 0) is 11.5 Å². The van der Waals surface area contributed by atoms with Crippen LogP contribution in [0, 0.1) is 29.1 Å². The van der Waals surface area contributed by atoms with Gasteiger partial charge < -0.3 is 4.74 Å². The van der Waals surface area contributed by atoms with Gasteiger partial charge in [0.1, 0.15) is 0 Å². The molecule has 1 aliphatic carbocycles. The Kier molecular flexibility index (Phi) is 4.54. The normalized spacial score (nSPS) is 24.3. The minimum absolute atomic E-state index is 0.338. The first-order valence-corrected chi connectivity index (χ1v) is 6.58. The summed E-state index contributed by atoms with van der Waals surface area (Å²) < 4.78 is 5.33. The number of hydrogen-bond donors (Lipinski definition) is 0. The summed E-state index contributed by atoms with van der Waals surface area (Å²) in [7, 11) is 0. The number of nitrogens with zero attached hydrogens (tertiary/aromatic N) is 1. The second kappa shape index (κ2) is 6.38. The Balaban J connectivity index is 1.82. The molecule has 2 aliphatic rings. The van der Waals surface area contributed by atoms with Gasteiger partial charge in [-0.15, -0.1) is 17.5 Å². The van der Waals surface area contributed by atoms with Crippen molar-refractivity contribution in [2.75, 3.05) is 13.2 Å². The molecule has 0 N–H and O–H groups in total. The summed E-state index contributed by atoms with van der Waals surface area (Å²) >= 11 is 1.79. The summed E-state index contributed by atoms with van der Waals surface area (Å²) in [6, 6.07) is 2.05. The highest BCUT2D eigenvalue weighted by Gasteiger charge is 2.20. The highest BCUT2D eigenvalue weighted by atomic mass is 32.2. The van der Waals surface area contributed by atoms with Crippen molar-refractivity contribution >= 4 is 11.8 Å². The molecule has 1 heterocycles. The van der Waals surface area contributed by atoms with Gasteiger partial charge >= 0.3 is 0 Å². The number of fused-ring (bicyclic) bond motifs is 1. The fraction of sp³-hybridized carbons (Fsp3) is 0.429. The standard InChI is InChI=1S/C14H13NOS/c15-8-1-9-16-10-6-12-2-4-13-7-11-17-14(13)5-3-12/h5,7,11,13-14H,1,6,9-10H2. The quantitative estimate of drug-likeness (QED) is 0.423. The fourth-order valence-corrected chi connectivity index (χ4v) is 2.52. The molecule has 0 saturated carbocycles. The van der Waals surface area contributed by atoms with Crippen molar-refractivity contribution in [3.05, 3.63) is 28.9 Å². The largest absolute Gasteiger partial charge is 0.380 e. The molecule has 0 amide bonds. The maximum atomic E-state index is 8.36. The summed E-state index contributed by atoms with van der Waals surface area (Å²) in [5.41, 5.74) is 4.26. The van der Waals surface area contributed by atoms with Crippen molar-refractivity contribution in [2.45, 2.75) is 18.1 Å². The van der Waals surface area contributed by atoms with Crippen LogP contribution in [0.2, 0.25) is 0 Å². The average molecular weight is 243 g/mol. The number of hydrogen-bond acceptors (Lipinski definition) is 3. The second-order valence-electron chi connectivity index (χ2n) is 3.78. The van der Waals surface area contributed by atoms with Crippen LogP contribution in [0.15, 0.2) is 28.9 Å². The van der Waals surface area contributed by atoms with E-state index in [1.54, 1.807) is 11.8 Å². The van der Waals surface area contributed by atoms with Gasteiger partial charge in [0.25, 0.3) is 0 Å². The molecule has 17 heavy (non-hydrogen) atoms. The zero-order chi connectivity index (χ0) is 11.9. The Morgan fingerprint density at radius 3 is 3.29 bits per heavy atom. The van der Waals surface area contributed by atoms with E-state index in [0.717, 1.165) is 12.0 Å². The lowest BCUT2D eigenvalue weighted by Crippen LogP contribution is -2.04. The molecule has 3 heteroatoms. The predicted octanol–water partition coefficient (Wildman–Crippen LogP) is 2.65. The van der Waals surface area contributed by atoms with Gasteiger partial charge in [0.2, 0.25) is 0 Å². The van der Waals surface area contributed by atoms with E-state index >= 15 is 0 Å². The molecule has 0 aromatic rings. The van der Waals surface area contributed by atoms with E-state index in [-0.39, 0.29) is 0 Å². The van der Waals surface area contributed by atoms with Crippen molar-refractivity contribution in [3.63, 3.8) is 0 Å². The summed E-state index contributed by atoms with van der Waals surface area (Å²) in [4.78, 5) is 0. The number of ether oxygens (including phenoxy) is 1. The van der Waals surface area contributed by atoms with Crippen LogP contribution < -0.4 is 0 Å². The SMILES string of the molecule is N#CCCOCCC1=C=CC2SC=CC2C#C1. The van der Waals surface area contributed by atoms with Crippen molar-refractivity contribution in [3.8, 4) is 17.9 Å². The molecule has 2 nitrogen and oxygen atoms in total. The van der Waals surface area contributed by atoms with E-state index in [0.29, 0.717) is 30.8 Å². The number of allylic oxidation sites excluding steroid dienone is 1. The number of nitriles is 1. The molecule has 0 bridgehead atoms. The van der Waals surface area contributed by atoms with Crippen LogP contribution >= 0.6 is 11.8 Å². The zero-order valence-corrected chi connectivity index (χ0v) is 10.3. The maximum absolute atomic E-state index is 8.36. The first kappa shape index (κ1) is 12.1. The minimum Gasteiger partial charge on any atom is -0.380 e. The van der Waals surface area contributed by atoms with E-state index in [1.165, 1.54) is 0 Å². The Morgan fingerprint density at radius 1 is 1.47 bits per heavy atom. The molecule has 2 rings (SSSR count). The molecule has 0 fully saturated rings. The molecule has 0 aromatic heterocycles. The minimum atomic E-state index is 0.338. The molecular weight excluding hydrogens is 230 g/mol. The lowest BCUT2D eigenvalue weighted by molar-refractivity contribution is 0.143. The highest BCUT2D eigenvalue weighted by molar-refractivity contribution is 8.03. The van der Waals surface area contributed by atoms with Crippen LogP contribution in [0.25, 0.3) is 0 Å². The summed E-state index contributed by atoms with van der Waals surface area (Å²) in [5.74, 6) is 6.75. The molecule has 0 spiro atoms. The molecule has 0 aromatic carbocycles. The summed E-state index contributed by atoms with van der Waals surface area (Å²) in [5, 5.41) is 10.9. The first-order chi connectivity index (χ1) is 8.40. The van der Waals surface area contributed by atoms with Crippen LogP contribution in [-0.4, -0.2) is 18.5 Å². The fourth-order valence-electron chi connectivity index (χ4n) is 1.61. The smallest absolute Gasteiger partial charge is 0.0645 e. The topological polar surface area (TPSA) is 33.0 Å². The molecule has 0 saturated heterocycles. The Hall–Kier alpha value is -1.38. The van der Waals surface area contributed by atoms with Crippen molar-refractivity contribution in [2.24, 2.45) is 5.92 Å². The maximum Gasteiger partial charge on any atom is 0.0645 e. The van der Waals surface area contributed by atoms with Crippen LogP contribution in [0.4, 0.5) is 0 Å². The average Bonchev–Trinajstić information content (AvgIpc) is 2.71. The van der Waals surface area contributed by atoms with Gasteiger partial charge in [0.15, 0.2) is 0 Å². The van der Waals surface area contributed by atoms with Crippen LogP contribution in [0.1, 0.15) is 12.8 Å². The van der Waals surface area contributed by atoms with Gasteiger partial charge in [0.05, 0.1) is 36.9 Å². The highest BCUT2D eigenvalue weighted by Crippen LogP contribution is 2.31. The van der Waals surface area contributed by atoms with E-state index in [4.69, 9.17) is 10.00 Å². The molecule has 2 atom stereocenters. The lowest BCUT2D eigenvalue weighted by atomic mass is 10.1. The van der Waals surface area contributed by atoms with E-state index in [9.17, 15) is 0 Å². The zero-order valence-electron chi connectivity index (χ0n) is 9.48. The Bertz CT molecular complexity index is 469. The van der Waals surface area contributed by atoms with Gasteiger partial charge in [-0.25, -0.2) is 0 Å². The van der Waals surface area contributed by atoms with Crippen LogP contribution in [0.3, 0.4) is 0 Å². The van der Waals surface area contributed by atoms with E-state index < -0.39 is 0 Å². The number of thioether (sulfide) groups is 1. The van der Waals surface area contributed by atoms with Gasteiger partial charge in [-0.3, -0.25) is 0 Å². The van der Waals surface area contributed by atoms with Crippen LogP contribution in [-0.2, 0) is 4.74 Å². The molecule has 86 valence electrons. The van der Waals surface area contributed by atoms with Crippen molar-refractivity contribution in [1.82, 2.24) is 0 Å². The third-order valence-electron chi connectivity index (χ3n) is 2.54. The Labute approximate surface area is 106 Å².